The van der Waals surface area contributed by atoms with Gasteiger partial charge in [-0.2, -0.15) is 5.10 Å². The lowest BCUT2D eigenvalue weighted by Gasteiger charge is -2.08. The van der Waals surface area contributed by atoms with Gasteiger partial charge in [0.1, 0.15) is 10.8 Å². The number of nitrogens with two attached hydrogens (primary N) is 1. The minimum absolute atomic E-state index is 0.202. The van der Waals surface area contributed by atoms with Gasteiger partial charge < -0.3 is 11.1 Å². The van der Waals surface area contributed by atoms with E-state index in [0.717, 1.165) is 5.56 Å². The van der Waals surface area contributed by atoms with Crippen molar-refractivity contribution in [3.63, 3.8) is 0 Å². The Morgan fingerprint density at radius 3 is 2.84 bits per heavy atom. The van der Waals surface area contributed by atoms with Gasteiger partial charge in [-0.3, -0.25) is 9.48 Å². The lowest BCUT2D eigenvalue weighted by atomic mass is 10.1. The molecule has 0 atom stereocenters. The molecule has 0 saturated carbocycles. The van der Waals surface area contributed by atoms with E-state index in [-0.39, 0.29) is 10.9 Å². The molecule has 19 heavy (non-hydrogen) atoms. The monoisotopic (exact) mass is 274 g/mol. The number of hydrogen-bond donors (Lipinski definition) is 2. The van der Waals surface area contributed by atoms with Gasteiger partial charge in [-0.25, -0.2) is 0 Å². The van der Waals surface area contributed by atoms with E-state index in [4.69, 9.17) is 18.0 Å². The van der Waals surface area contributed by atoms with Crippen molar-refractivity contribution in [3.05, 3.63) is 47.2 Å². The van der Waals surface area contributed by atoms with Crippen molar-refractivity contribution in [2.45, 2.75) is 6.92 Å². The summed E-state index contributed by atoms with van der Waals surface area (Å²) in [5.74, 6) is 0.281. The van der Waals surface area contributed by atoms with Gasteiger partial charge in [-0.1, -0.05) is 29.9 Å². The summed E-state index contributed by atoms with van der Waals surface area (Å²) in [6, 6.07) is 7.33. The molecule has 0 fully saturated rings. The van der Waals surface area contributed by atoms with Gasteiger partial charge in [0.15, 0.2) is 0 Å². The first-order chi connectivity index (χ1) is 8.99. The highest BCUT2D eigenvalue weighted by Crippen LogP contribution is 2.15. The van der Waals surface area contributed by atoms with Crippen molar-refractivity contribution in [2.75, 3.05) is 5.32 Å². The summed E-state index contributed by atoms with van der Waals surface area (Å²) >= 11 is 4.93. The number of benzene rings is 1. The smallest absolute Gasteiger partial charge is 0.256 e. The number of thiocarbonyl (C=S) groups is 1. The Bertz CT molecular complexity index is 648. The van der Waals surface area contributed by atoms with Crippen LogP contribution in [0.15, 0.2) is 30.5 Å². The molecule has 0 aliphatic rings. The minimum Gasteiger partial charge on any atom is -0.389 e. The molecular weight excluding hydrogens is 260 g/mol. The summed E-state index contributed by atoms with van der Waals surface area (Å²) in [7, 11) is 1.72. The van der Waals surface area contributed by atoms with E-state index >= 15 is 0 Å². The van der Waals surface area contributed by atoms with Gasteiger partial charge in [0.2, 0.25) is 0 Å². The van der Waals surface area contributed by atoms with Crippen molar-refractivity contribution in [1.82, 2.24) is 9.78 Å². The van der Waals surface area contributed by atoms with E-state index in [1.54, 1.807) is 13.1 Å². The zero-order valence-corrected chi connectivity index (χ0v) is 11.5. The average molecular weight is 274 g/mol. The van der Waals surface area contributed by atoms with Gasteiger partial charge in [-0.05, 0) is 19.1 Å². The third kappa shape index (κ3) is 2.79. The highest BCUT2D eigenvalue weighted by Gasteiger charge is 2.14. The number of aryl methyl sites for hydroxylation is 2. The maximum absolute atomic E-state index is 12.2. The molecule has 1 amide bonds. The van der Waals surface area contributed by atoms with E-state index in [2.05, 4.69) is 10.4 Å². The van der Waals surface area contributed by atoms with Crippen LogP contribution in [-0.4, -0.2) is 20.7 Å². The summed E-state index contributed by atoms with van der Waals surface area (Å²) in [6.45, 7) is 1.93. The van der Waals surface area contributed by atoms with Crippen molar-refractivity contribution < 1.29 is 4.79 Å². The van der Waals surface area contributed by atoms with Crippen LogP contribution in [-0.2, 0) is 7.05 Å². The van der Waals surface area contributed by atoms with Crippen molar-refractivity contribution in [2.24, 2.45) is 12.8 Å². The van der Waals surface area contributed by atoms with Crippen LogP contribution in [0, 0.1) is 6.92 Å². The second-order valence-corrected chi connectivity index (χ2v) is 4.66. The highest BCUT2D eigenvalue weighted by atomic mass is 32.1. The lowest BCUT2D eigenvalue weighted by Crippen LogP contribution is -2.18. The molecule has 5 nitrogen and oxygen atoms in total. The number of amides is 1. The van der Waals surface area contributed by atoms with Crippen LogP contribution in [0.25, 0.3) is 0 Å². The average Bonchev–Trinajstić information content (AvgIpc) is 2.71. The number of aromatic nitrogens is 2. The Kier molecular flexibility index (Phi) is 3.62. The van der Waals surface area contributed by atoms with Crippen LogP contribution in [0.4, 0.5) is 5.82 Å². The minimum atomic E-state index is -0.218. The zero-order chi connectivity index (χ0) is 14.0. The number of anilines is 1. The van der Waals surface area contributed by atoms with Crippen molar-refractivity contribution in [1.29, 1.82) is 0 Å². The van der Waals surface area contributed by atoms with Crippen LogP contribution in [0.3, 0.4) is 0 Å². The van der Waals surface area contributed by atoms with Crippen molar-refractivity contribution >= 4 is 28.9 Å². The fourth-order valence-electron chi connectivity index (χ4n) is 1.73. The molecule has 1 heterocycles. The first-order valence-corrected chi connectivity index (χ1v) is 6.09. The second-order valence-electron chi connectivity index (χ2n) is 4.22. The molecule has 98 valence electrons. The lowest BCUT2D eigenvalue weighted by molar-refractivity contribution is 0.102. The van der Waals surface area contributed by atoms with Gasteiger partial charge in [-0.15, -0.1) is 0 Å². The molecule has 0 saturated heterocycles. The maximum atomic E-state index is 12.2. The first kappa shape index (κ1) is 13.2. The van der Waals surface area contributed by atoms with Crippen LogP contribution < -0.4 is 11.1 Å². The van der Waals surface area contributed by atoms with E-state index in [1.165, 1.54) is 10.9 Å². The van der Waals surface area contributed by atoms with Gasteiger partial charge in [0, 0.05) is 12.6 Å². The molecule has 0 aliphatic heterocycles. The van der Waals surface area contributed by atoms with E-state index in [0.29, 0.717) is 16.9 Å². The second kappa shape index (κ2) is 5.19. The largest absolute Gasteiger partial charge is 0.389 e. The fourth-order valence-corrected chi connectivity index (χ4v) is 1.88. The third-order valence-electron chi connectivity index (χ3n) is 2.72. The number of carbonyl (C=O) groups is 1. The Balaban J connectivity index is 2.29. The number of hydrogen-bond acceptors (Lipinski definition) is 3. The Labute approximate surface area is 116 Å². The third-order valence-corrected chi connectivity index (χ3v) is 2.94. The van der Waals surface area contributed by atoms with Crippen LogP contribution >= 0.6 is 12.2 Å². The Morgan fingerprint density at radius 2 is 2.21 bits per heavy atom. The van der Waals surface area contributed by atoms with Gasteiger partial charge >= 0.3 is 0 Å². The summed E-state index contributed by atoms with van der Waals surface area (Å²) < 4.78 is 1.53. The predicted octanol–water partition coefficient (Wildman–Crippen LogP) is 1.62. The summed E-state index contributed by atoms with van der Waals surface area (Å²) in [4.78, 5) is 12.4. The molecule has 0 bridgehead atoms. The molecule has 2 rings (SSSR count). The molecule has 1 aromatic carbocycles. The number of nitrogens with zero attached hydrogens (tertiary/aromatic N) is 2. The molecule has 1 aromatic heterocycles. The normalized spacial score (nSPS) is 10.2. The number of carbonyl (C=O) groups excluding carboxylic acids is 1. The first-order valence-electron chi connectivity index (χ1n) is 5.69. The molecule has 3 N–H and O–H groups in total. The Morgan fingerprint density at radius 1 is 1.47 bits per heavy atom. The van der Waals surface area contributed by atoms with E-state index in [1.807, 2.05) is 25.1 Å². The van der Waals surface area contributed by atoms with Crippen LogP contribution in [0.1, 0.15) is 21.5 Å². The molecule has 0 radical (unpaired) electrons. The zero-order valence-electron chi connectivity index (χ0n) is 10.7. The predicted molar refractivity (Wildman–Crippen MR) is 78.2 cm³/mol. The summed E-state index contributed by atoms with van der Waals surface area (Å²) in [5, 5.41) is 6.81. The van der Waals surface area contributed by atoms with Crippen LogP contribution in [0.2, 0.25) is 0 Å². The van der Waals surface area contributed by atoms with E-state index in [9.17, 15) is 4.79 Å². The van der Waals surface area contributed by atoms with Crippen LogP contribution in [0.5, 0.6) is 0 Å². The fraction of sp³-hybridized carbons (Fsp3) is 0.154. The molecule has 6 heteroatoms. The molecule has 0 aliphatic carbocycles. The number of nitrogens with one attached hydrogen (secondary N) is 1. The molecular formula is C13H14N4OS. The van der Waals surface area contributed by atoms with Gasteiger partial charge in [0.25, 0.3) is 5.91 Å². The highest BCUT2D eigenvalue weighted by molar-refractivity contribution is 7.80. The SMILES string of the molecule is Cc1cccc(C(=O)Nc2c(C(N)=S)cnn2C)c1. The molecule has 2 aromatic rings. The molecule has 0 spiro atoms. The van der Waals surface area contributed by atoms with E-state index < -0.39 is 0 Å². The van der Waals surface area contributed by atoms with Crippen molar-refractivity contribution in [3.8, 4) is 0 Å². The quantitative estimate of drug-likeness (QED) is 0.834. The molecule has 0 unspecified atom stereocenters. The summed E-state index contributed by atoms with van der Waals surface area (Å²) in [5.41, 5.74) is 7.75. The summed E-state index contributed by atoms with van der Waals surface area (Å²) in [6.07, 6.45) is 1.54. The Hall–Kier alpha value is -2.21. The number of rotatable bonds is 3. The maximum Gasteiger partial charge on any atom is 0.256 e. The topological polar surface area (TPSA) is 72.9 Å². The standard InChI is InChI=1S/C13H14N4OS/c1-8-4-3-5-9(6-8)13(18)16-12-10(11(14)19)7-15-17(12)2/h3-7H,1-2H3,(H2,14,19)(H,16,18). The van der Waals surface area contributed by atoms with Gasteiger partial charge in [0.05, 0.1) is 11.8 Å².